The van der Waals surface area contributed by atoms with Crippen LogP contribution in [0.25, 0.3) is 10.1 Å². The minimum atomic E-state index is 0.853. The van der Waals surface area contributed by atoms with Crippen LogP contribution in [0.5, 0.6) is 0 Å². The second-order valence-corrected chi connectivity index (χ2v) is 5.60. The van der Waals surface area contributed by atoms with Crippen LogP contribution in [0.2, 0.25) is 0 Å². The lowest BCUT2D eigenvalue weighted by Crippen LogP contribution is -1.85. The molecule has 1 aromatic carbocycles. The van der Waals surface area contributed by atoms with Crippen molar-refractivity contribution in [2.24, 2.45) is 0 Å². The van der Waals surface area contributed by atoms with Crippen molar-refractivity contribution in [1.82, 2.24) is 0 Å². The maximum atomic E-state index is 5.77. The molecule has 0 atom stereocenters. The molecule has 0 radical (unpaired) electrons. The Labute approximate surface area is 98.8 Å². The lowest BCUT2D eigenvalue weighted by atomic mass is 10.2. The molecule has 1 aromatic heterocycles. The van der Waals surface area contributed by atoms with E-state index in [9.17, 15) is 0 Å². The molecule has 0 aliphatic heterocycles. The van der Waals surface area contributed by atoms with Crippen molar-refractivity contribution in [3.8, 4) is 0 Å². The summed E-state index contributed by atoms with van der Waals surface area (Å²) in [5, 5.41) is 3.55. The number of halogens is 1. The summed E-state index contributed by atoms with van der Waals surface area (Å²) < 4.78 is 2.53. The molecule has 0 amide bonds. The predicted molar refractivity (Wildman–Crippen MR) is 70.7 cm³/mol. The molecule has 2 aromatic rings. The van der Waals surface area contributed by atoms with Gasteiger partial charge in [-0.2, -0.15) is 0 Å². The molecule has 68 valence electrons. The summed E-state index contributed by atoms with van der Waals surface area (Å²) in [6.07, 6.45) is 2.11. The first-order valence-corrected chi connectivity index (χ1v) is 6.91. The Morgan fingerprint density at radius 1 is 1.46 bits per heavy atom. The zero-order valence-corrected chi connectivity index (χ0v) is 10.8. The van der Waals surface area contributed by atoms with Crippen LogP contribution < -0.4 is 5.73 Å². The number of anilines is 1. The highest BCUT2D eigenvalue weighted by Crippen LogP contribution is 2.36. The second-order valence-electron chi connectivity index (χ2n) is 2.68. The van der Waals surface area contributed by atoms with E-state index in [0.717, 1.165) is 5.69 Å². The molecule has 0 bridgehead atoms. The first-order valence-electron chi connectivity index (χ1n) is 3.72. The molecule has 1 nitrogen and oxygen atoms in total. The fourth-order valence-corrected chi connectivity index (χ4v) is 4.48. The van der Waals surface area contributed by atoms with Crippen molar-refractivity contribution in [2.75, 3.05) is 12.0 Å². The van der Waals surface area contributed by atoms with E-state index < -0.39 is 0 Å². The average molecular weight is 321 g/mol. The Balaban J connectivity index is 2.82. The predicted octanol–water partition coefficient (Wildman–Crippen LogP) is 3.81. The number of rotatable bonds is 1. The molecule has 0 saturated heterocycles. The van der Waals surface area contributed by atoms with Gasteiger partial charge in [-0.15, -0.1) is 23.1 Å². The van der Waals surface area contributed by atoms with Crippen LogP contribution in [0, 0.1) is 3.57 Å². The van der Waals surface area contributed by atoms with E-state index in [-0.39, 0.29) is 0 Å². The van der Waals surface area contributed by atoms with Gasteiger partial charge in [0.05, 0.1) is 0 Å². The zero-order valence-electron chi connectivity index (χ0n) is 7.00. The van der Waals surface area contributed by atoms with Gasteiger partial charge in [-0.3, -0.25) is 0 Å². The summed E-state index contributed by atoms with van der Waals surface area (Å²) in [7, 11) is 0. The van der Waals surface area contributed by atoms with E-state index in [4.69, 9.17) is 5.73 Å². The molecule has 2 N–H and O–H groups in total. The lowest BCUT2D eigenvalue weighted by molar-refractivity contribution is 1.63. The number of thiophene rings is 1. The van der Waals surface area contributed by atoms with Crippen LogP contribution in [0.15, 0.2) is 22.4 Å². The van der Waals surface area contributed by atoms with Gasteiger partial charge < -0.3 is 5.73 Å². The van der Waals surface area contributed by atoms with Crippen LogP contribution in [0.4, 0.5) is 5.69 Å². The summed E-state index contributed by atoms with van der Waals surface area (Å²) >= 11 is 5.89. The molecule has 0 saturated carbocycles. The summed E-state index contributed by atoms with van der Waals surface area (Å²) in [5.74, 6) is 0. The summed E-state index contributed by atoms with van der Waals surface area (Å²) in [6.45, 7) is 0. The summed E-state index contributed by atoms with van der Waals surface area (Å²) in [6, 6.07) is 4.07. The Kier molecular flexibility index (Phi) is 2.71. The second kappa shape index (κ2) is 3.67. The molecule has 0 spiro atoms. The van der Waals surface area contributed by atoms with Gasteiger partial charge in [0, 0.05) is 29.6 Å². The first kappa shape index (κ1) is 9.61. The number of nitrogens with two attached hydrogens (primary N) is 1. The van der Waals surface area contributed by atoms with Gasteiger partial charge >= 0.3 is 0 Å². The third kappa shape index (κ3) is 1.67. The lowest BCUT2D eigenvalue weighted by Gasteiger charge is -1.99. The molecule has 1 heterocycles. The van der Waals surface area contributed by atoms with Gasteiger partial charge in [0.1, 0.15) is 0 Å². The maximum Gasteiger partial charge on any atom is 0.0385 e. The Morgan fingerprint density at radius 3 is 2.92 bits per heavy atom. The Bertz CT molecular complexity index is 450. The molecular formula is C9H8INS2. The van der Waals surface area contributed by atoms with Crippen molar-refractivity contribution < 1.29 is 0 Å². The van der Waals surface area contributed by atoms with E-state index in [0.29, 0.717) is 0 Å². The fourth-order valence-electron chi connectivity index (χ4n) is 1.26. The number of fused-ring (bicyclic) bond motifs is 1. The van der Waals surface area contributed by atoms with Crippen LogP contribution in [-0.4, -0.2) is 6.26 Å². The fraction of sp³-hybridized carbons (Fsp3) is 0.111. The van der Waals surface area contributed by atoms with Gasteiger partial charge in [-0.25, -0.2) is 0 Å². The standard InChI is InChI=1S/C9H8INS2/c1-12-8-4-13-7-3-5(11)2-6(10)9(7)8/h2-4H,11H2,1H3. The van der Waals surface area contributed by atoms with E-state index >= 15 is 0 Å². The SMILES string of the molecule is CSc1csc2cc(N)cc(I)c12. The van der Waals surface area contributed by atoms with Gasteiger partial charge in [0.2, 0.25) is 0 Å². The molecule has 2 rings (SSSR count). The molecule has 4 heteroatoms. The van der Waals surface area contributed by atoms with E-state index in [2.05, 4.69) is 34.2 Å². The van der Waals surface area contributed by atoms with Gasteiger partial charge in [-0.05, 0) is 41.0 Å². The molecule has 0 fully saturated rings. The minimum Gasteiger partial charge on any atom is -0.399 e. The first-order chi connectivity index (χ1) is 6.22. The maximum absolute atomic E-state index is 5.77. The molecular weight excluding hydrogens is 313 g/mol. The number of nitrogen functional groups attached to an aromatic ring is 1. The van der Waals surface area contributed by atoms with Crippen molar-refractivity contribution in [3.63, 3.8) is 0 Å². The Hall–Kier alpha value is 0.0600. The molecule has 0 aliphatic rings. The average Bonchev–Trinajstić information content (AvgIpc) is 2.47. The normalized spacial score (nSPS) is 10.9. The van der Waals surface area contributed by atoms with Gasteiger partial charge in [0.15, 0.2) is 0 Å². The number of hydrogen-bond acceptors (Lipinski definition) is 3. The highest BCUT2D eigenvalue weighted by molar-refractivity contribution is 14.1. The molecule has 13 heavy (non-hydrogen) atoms. The van der Waals surface area contributed by atoms with E-state index in [1.54, 1.807) is 23.1 Å². The monoisotopic (exact) mass is 321 g/mol. The van der Waals surface area contributed by atoms with Crippen LogP contribution in [0.1, 0.15) is 0 Å². The van der Waals surface area contributed by atoms with Crippen molar-refractivity contribution in [2.45, 2.75) is 4.90 Å². The topological polar surface area (TPSA) is 26.0 Å². The highest BCUT2D eigenvalue weighted by Gasteiger charge is 2.07. The third-order valence-electron chi connectivity index (χ3n) is 1.84. The Morgan fingerprint density at radius 2 is 2.23 bits per heavy atom. The molecule has 0 aliphatic carbocycles. The minimum absolute atomic E-state index is 0.853. The molecule has 0 unspecified atom stereocenters. The summed E-state index contributed by atoms with van der Waals surface area (Å²) in [4.78, 5) is 1.35. The van der Waals surface area contributed by atoms with Crippen molar-refractivity contribution in [1.29, 1.82) is 0 Å². The van der Waals surface area contributed by atoms with Crippen LogP contribution >= 0.6 is 45.7 Å². The van der Waals surface area contributed by atoms with Crippen molar-refractivity contribution >= 4 is 61.5 Å². The zero-order chi connectivity index (χ0) is 9.42. The van der Waals surface area contributed by atoms with E-state index in [1.807, 2.05) is 12.1 Å². The number of benzene rings is 1. The number of hydrogen-bond donors (Lipinski definition) is 1. The highest BCUT2D eigenvalue weighted by atomic mass is 127. The quantitative estimate of drug-likeness (QED) is 0.491. The number of thioether (sulfide) groups is 1. The third-order valence-corrected chi connectivity index (χ3v) is 4.53. The van der Waals surface area contributed by atoms with Crippen molar-refractivity contribution in [3.05, 3.63) is 21.1 Å². The largest absolute Gasteiger partial charge is 0.399 e. The van der Waals surface area contributed by atoms with Gasteiger partial charge in [0.25, 0.3) is 0 Å². The van der Waals surface area contributed by atoms with Gasteiger partial charge in [-0.1, -0.05) is 0 Å². The van der Waals surface area contributed by atoms with Crippen LogP contribution in [0.3, 0.4) is 0 Å². The van der Waals surface area contributed by atoms with Crippen LogP contribution in [-0.2, 0) is 0 Å². The summed E-state index contributed by atoms with van der Waals surface area (Å²) in [5.41, 5.74) is 6.62. The van der Waals surface area contributed by atoms with E-state index in [1.165, 1.54) is 18.6 Å². The smallest absolute Gasteiger partial charge is 0.0385 e.